The second kappa shape index (κ2) is 8.90. The molecule has 0 bridgehead atoms. The molecular weight excluding hydrogens is 430 g/mol. The van der Waals surface area contributed by atoms with Crippen LogP contribution in [0.25, 0.3) is 10.4 Å². The zero-order valence-electron chi connectivity index (χ0n) is 17.8. The number of hydrogen-bond donors (Lipinski definition) is 2. The number of rotatable bonds is 6. The van der Waals surface area contributed by atoms with Gasteiger partial charge in [0.05, 0.1) is 12.8 Å². The minimum Gasteiger partial charge on any atom is -0.495 e. The van der Waals surface area contributed by atoms with Gasteiger partial charge >= 0.3 is 0 Å². The number of anilines is 2. The van der Waals surface area contributed by atoms with Crippen LogP contribution in [-0.4, -0.2) is 40.7 Å². The van der Waals surface area contributed by atoms with E-state index in [1.54, 1.807) is 29.5 Å². The lowest BCUT2D eigenvalue weighted by Gasteiger charge is -2.37. The van der Waals surface area contributed by atoms with E-state index in [2.05, 4.69) is 28.8 Å². The average Bonchev–Trinajstić information content (AvgIpc) is 3.27. The second-order valence-corrected chi connectivity index (χ2v) is 10.5. The second-order valence-electron chi connectivity index (χ2n) is 7.87. The molecule has 1 aliphatic rings. The van der Waals surface area contributed by atoms with E-state index in [0.29, 0.717) is 23.5 Å². The first kappa shape index (κ1) is 21.7. The third-order valence-corrected chi connectivity index (χ3v) is 7.62. The molecule has 1 aliphatic heterocycles. The number of thiophene rings is 1. The number of benzene rings is 2. The molecule has 2 unspecified atom stereocenters. The lowest BCUT2D eigenvalue weighted by Crippen LogP contribution is -2.54. The number of piperazine rings is 1. The summed E-state index contributed by atoms with van der Waals surface area (Å²) in [6.07, 6.45) is 0. The predicted molar refractivity (Wildman–Crippen MR) is 128 cm³/mol. The van der Waals surface area contributed by atoms with E-state index >= 15 is 0 Å². The Morgan fingerprint density at radius 3 is 2.52 bits per heavy atom. The van der Waals surface area contributed by atoms with Crippen LogP contribution in [0, 0.1) is 0 Å². The summed E-state index contributed by atoms with van der Waals surface area (Å²) < 4.78 is 34.5. The van der Waals surface area contributed by atoms with Crippen molar-refractivity contribution in [2.45, 2.75) is 30.8 Å². The van der Waals surface area contributed by atoms with Crippen LogP contribution in [0.15, 0.2) is 64.9 Å². The zero-order valence-corrected chi connectivity index (χ0v) is 19.5. The molecule has 2 aromatic carbocycles. The van der Waals surface area contributed by atoms with Crippen LogP contribution < -0.4 is 19.7 Å². The highest BCUT2D eigenvalue weighted by Gasteiger charge is 2.23. The highest BCUT2D eigenvalue weighted by Crippen LogP contribution is 2.33. The summed E-state index contributed by atoms with van der Waals surface area (Å²) in [5, 5.41) is 5.50. The van der Waals surface area contributed by atoms with Crippen LogP contribution in [0.3, 0.4) is 0 Å². The van der Waals surface area contributed by atoms with Crippen molar-refractivity contribution in [3.05, 3.63) is 60.0 Å². The van der Waals surface area contributed by atoms with Gasteiger partial charge in [-0.3, -0.25) is 4.72 Å². The molecule has 31 heavy (non-hydrogen) atoms. The lowest BCUT2D eigenvalue weighted by atomic mass is 10.1. The molecule has 1 saturated heterocycles. The number of nitrogens with one attached hydrogen (secondary N) is 2. The van der Waals surface area contributed by atoms with E-state index in [4.69, 9.17) is 4.74 Å². The van der Waals surface area contributed by atoms with E-state index in [-0.39, 0.29) is 4.90 Å². The summed E-state index contributed by atoms with van der Waals surface area (Å²) in [7, 11) is -2.33. The maximum atomic E-state index is 13.2. The smallest absolute Gasteiger partial charge is 0.265 e. The molecule has 3 aromatic rings. The van der Waals surface area contributed by atoms with Gasteiger partial charge in [-0.1, -0.05) is 18.2 Å². The van der Waals surface area contributed by atoms with E-state index in [1.807, 2.05) is 41.8 Å². The molecule has 0 saturated carbocycles. The molecule has 2 N–H and O–H groups in total. The predicted octanol–water partition coefficient (Wildman–Crippen LogP) is 4.41. The number of hydrogen-bond acceptors (Lipinski definition) is 6. The van der Waals surface area contributed by atoms with Crippen molar-refractivity contribution in [2.75, 3.05) is 29.8 Å². The maximum Gasteiger partial charge on any atom is 0.265 e. The largest absolute Gasteiger partial charge is 0.495 e. The lowest BCUT2D eigenvalue weighted by molar-refractivity contribution is 0.403. The SMILES string of the molecule is COc1cc(-c2cccs2)ccc1S(=O)(=O)Nc1cccc(N2CC(C)NC(C)C2)c1. The third-order valence-electron chi connectivity index (χ3n) is 5.28. The third kappa shape index (κ3) is 4.87. The van der Waals surface area contributed by atoms with Crippen LogP contribution in [0.4, 0.5) is 11.4 Å². The Balaban J connectivity index is 1.59. The average molecular weight is 458 g/mol. The molecule has 0 aliphatic carbocycles. The molecular formula is C23H27N3O3S2. The standard InChI is InChI=1S/C23H27N3O3S2/c1-16-14-26(15-17(2)24-16)20-7-4-6-19(13-20)25-31(27,28)23-10-9-18(12-21(23)29-3)22-8-5-11-30-22/h4-13,16-17,24-25H,14-15H2,1-3H3. The summed E-state index contributed by atoms with van der Waals surface area (Å²) in [4.78, 5) is 3.45. The Kier molecular flexibility index (Phi) is 6.22. The van der Waals surface area contributed by atoms with E-state index in [0.717, 1.165) is 29.2 Å². The van der Waals surface area contributed by atoms with Gasteiger partial charge in [0.2, 0.25) is 0 Å². The van der Waals surface area contributed by atoms with Crippen LogP contribution in [0.1, 0.15) is 13.8 Å². The molecule has 0 spiro atoms. The van der Waals surface area contributed by atoms with Gasteiger partial charge in [-0.25, -0.2) is 8.42 Å². The number of nitrogens with zero attached hydrogens (tertiary/aromatic N) is 1. The van der Waals surface area contributed by atoms with E-state index < -0.39 is 10.0 Å². The number of methoxy groups -OCH3 is 1. The molecule has 2 atom stereocenters. The highest BCUT2D eigenvalue weighted by atomic mass is 32.2. The Bertz CT molecular complexity index is 1140. The fourth-order valence-corrected chi connectivity index (χ4v) is 5.92. The van der Waals surface area contributed by atoms with Crippen molar-refractivity contribution in [2.24, 2.45) is 0 Å². The normalized spacial score (nSPS) is 19.3. The number of sulfonamides is 1. The van der Waals surface area contributed by atoms with Gasteiger partial charge in [-0.15, -0.1) is 11.3 Å². The first-order valence-corrected chi connectivity index (χ1v) is 12.6. The van der Waals surface area contributed by atoms with Crippen molar-refractivity contribution in [1.29, 1.82) is 0 Å². The summed E-state index contributed by atoms with van der Waals surface area (Å²) in [6.45, 7) is 6.06. The topological polar surface area (TPSA) is 70.7 Å². The zero-order chi connectivity index (χ0) is 22.0. The Labute approximate surface area is 187 Å². The molecule has 1 aromatic heterocycles. The molecule has 1 fully saturated rings. The van der Waals surface area contributed by atoms with Crippen LogP contribution >= 0.6 is 11.3 Å². The summed E-state index contributed by atoms with van der Waals surface area (Å²) in [5.41, 5.74) is 2.45. The van der Waals surface area contributed by atoms with Gasteiger partial charge in [0.15, 0.2) is 0 Å². The molecule has 164 valence electrons. The van der Waals surface area contributed by atoms with Crippen LogP contribution in [0.2, 0.25) is 0 Å². The number of ether oxygens (including phenoxy) is 1. The van der Waals surface area contributed by atoms with Gasteiger partial charge in [0, 0.05) is 35.7 Å². The fourth-order valence-electron chi connectivity index (χ4n) is 4.00. The quantitative estimate of drug-likeness (QED) is 0.574. The first-order valence-electron chi connectivity index (χ1n) is 10.2. The summed E-state index contributed by atoms with van der Waals surface area (Å²) in [5.74, 6) is 0.319. The van der Waals surface area contributed by atoms with Crippen molar-refractivity contribution >= 4 is 32.7 Å². The summed E-state index contributed by atoms with van der Waals surface area (Å²) >= 11 is 1.60. The Hall–Kier alpha value is -2.55. The van der Waals surface area contributed by atoms with Crippen molar-refractivity contribution in [3.8, 4) is 16.2 Å². The van der Waals surface area contributed by atoms with Gasteiger partial charge < -0.3 is 15.0 Å². The van der Waals surface area contributed by atoms with Gasteiger partial charge in [-0.2, -0.15) is 0 Å². The Morgan fingerprint density at radius 1 is 1.06 bits per heavy atom. The van der Waals surface area contributed by atoms with Gasteiger partial charge in [-0.05, 0) is 61.2 Å². The van der Waals surface area contributed by atoms with Gasteiger partial charge in [0.25, 0.3) is 10.0 Å². The Morgan fingerprint density at radius 2 is 1.84 bits per heavy atom. The molecule has 0 amide bonds. The van der Waals surface area contributed by atoms with Crippen molar-refractivity contribution < 1.29 is 13.2 Å². The molecule has 4 rings (SSSR count). The van der Waals surface area contributed by atoms with Crippen LogP contribution in [-0.2, 0) is 10.0 Å². The first-order chi connectivity index (χ1) is 14.9. The highest BCUT2D eigenvalue weighted by molar-refractivity contribution is 7.92. The maximum absolute atomic E-state index is 13.2. The van der Waals surface area contributed by atoms with E-state index in [9.17, 15) is 8.42 Å². The van der Waals surface area contributed by atoms with Crippen LogP contribution in [0.5, 0.6) is 5.75 Å². The van der Waals surface area contributed by atoms with E-state index in [1.165, 1.54) is 7.11 Å². The molecule has 6 nitrogen and oxygen atoms in total. The molecule has 0 radical (unpaired) electrons. The fraction of sp³-hybridized carbons (Fsp3) is 0.304. The minimum atomic E-state index is -3.81. The minimum absolute atomic E-state index is 0.116. The van der Waals surface area contributed by atoms with Gasteiger partial charge in [0.1, 0.15) is 10.6 Å². The summed E-state index contributed by atoms with van der Waals surface area (Å²) in [6, 6.07) is 17.4. The van der Waals surface area contributed by atoms with Crippen molar-refractivity contribution in [1.82, 2.24) is 5.32 Å². The molecule has 2 heterocycles. The monoisotopic (exact) mass is 457 g/mol. The van der Waals surface area contributed by atoms with Crippen molar-refractivity contribution in [3.63, 3.8) is 0 Å². The molecule has 8 heteroatoms.